The van der Waals surface area contributed by atoms with Crippen molar-refractivity contribution in [3.8, 4) is 0 Å². The van der Waals surface area contributed by atoms with Crippen molar-refractivity contribution < 1.29 is 14.0 Å². The van der Waals surface area contributed by atoms with E-state index >= 15 is 0 Å². The number of esters is 1. The molecule has 2 aromatic rings. The van der Waals surface area contributed by atoms with E-state index in [1.807, 2.05) is 50.2 Å². The Morgan fingerprint density at radius 1 is 0.935 bits per heavy atom. The molecule has 1 aliphatic rings. The minimum Gasteiger partial charge on any atom is -0.450 e. The molecule has 0 aromatic heterocycles. The highest BCUT2D eigenvalue weighted by Gasteiger charge is 2.43. The molecular weight excluding hydrogens is 402 g/mol. The summed E-state index contributed by atoms with van der Waals surface area (Å²) in [5.41, 5.74) is 2.28. The fraction of sp³-hybridized carbons (Fsp3) is 0.423. The first-order valence-corrected chi connectivity index (χ1v) is 13.8. The second-order valence-corrected chi connectivity index (χ2v) is 15.0. The molecule has 3 rings (SSSR count). The standard InChI is InChI=1S/C26H35NO3Si/c1-25(2,3)31(6,7)30-24(20-16-12-9-13-17-20)23(19-14-10-8-11-15-19)27-21-18-22(28)29-26(21,4)5/h8-18,23-24,27H,1-7H3/t23-,24+/m1/s1. The Kier molecular flexibility index (Phi) is 6.49. The van der Waals surface area contributed by atoms with Gasteiger partial charge in [-0.3, -0.25) is 0 Å². The first-order valence-electron chi connectivity index (χ1n) is 10.9. The fourth-order valence-electron chi connectivity index (χ4n) is 3.47. The summed E-state index contributed by atoms with van der Waals surface area (Å²) in [7, 11) is -2.11. The van der Waals surface area contributed by atoms with E-state index in [0.717, 1.165) is 16.8 Å². The molecule has 2 aromatic carbocycles. The molecule has 1 aliphatic heterocycles. The molecule has 0 bridgehead atoms. The van der Waals surface area contributed by atoms with Crippen molar-refractivity contribution >= 4 is 14.3 Å². The van der Waals surface area contributed by atoms with Crippen LogP contribution < -0.4 is 5.32 Å². The smallest absolute Gasteiger partial charge is 0.333 e. The van der Waals surface area contributed by atoms with E-state index in [0.29, 0.717) is 0 Å². The molecule has 1 heterocycles. The van der Waals surface area contributed by atoms with E-state index in [9.17, 15) is 4.79 Å². The number of rotatable bonds is 7. The van der Waals surface area contributed by atoms with Crippen molar-refractivity contribution in [3.05, 3.63) is 83.6 Å². The summed E-state index contributed by atoms with van der Waals surface area (Å²) in [6.45, 7) is 15.1. The number of hydrogen-bond acceptors (Lipinski definition) is 4. The van der Waals surface area contributed by atoms with Crippen LogP contribution in [-0.2, 0) is 14.0 Å². The van der Waals surface area contributed by atoms with Gasteiger partial charge in [0, 0.05) is 6.08 Å². The summed E-state index contributed by atoms with van der Waals surface area (Å²) in [5, 5.41) is 3.70. The van der Waals surface area contributed by atoms with Crippen molar-refractivity contribution in [1.82, 2.24) is 5.32 Å². The van der Waals surface area contributed by atoms with Crippen molar-refractivity contribution in [2.24, 2.45) is 0 Å². The Hall–Kier alpha value is -2.37. The molecule has 0 amide bonds. The van der Waals surface area contributed by atoms with E-state index in [1.54, 1.807) is 6.08 Å². The van der Waals surface area contributed by atoms with Gasteiger partial charge in [0.1, 0.15) is 5.60 Å². The van der Waals surface area contributed by atoms with Gasteiger partial charge in [-0.1, -0.05) is 81.4 Å². The number of carbonyl (C=O) groups excluding carboxylic acids is 1. The molecule has 0 aliphatic carbocycles. The number of ether oxygens (including phenoxy) is 1. The maximum Gasteiger partial charge on any atom is 0.333 e. The average Bonchev–Trinajstić information content (AvgIpc) is 2.96. The summed E-state index contributed by atoms with van der Waals surface area (Å²) in [6.07, 6.45) is 1.33. The van der Waals surface area contributed by atoms with Crippen molar-refractivity contribution in [1.29, 1.82) is 0 Å². The van der Waals surface area contributed by atoms with Crippen LogP contribution in [-0.4, -0.2) is 19.9 Å². The highest BCUT2D eigenvalue weighted by atomic mass is 28.4. The summed E-state index contributed by atoms with van der Waals surface area (Å²) in [4.78, 5) is 12.0. The largest absolute Gasteiger partial charge is 0.450 e. The monoisotopic (exact) mass is 437 g/mol. The maximum atomic E-state index is 12.0. The fourth-order valence-corrected chi connectivity index (χ4v) is 4.73. The predicted molar refractivity (Wildman–Crippen MR) is 128 cm³/mol. The van der Waals surface area contributed by atoms with Crippen LogP contribution in [0.1, 0.15) is 57.9 Å². The third-order valence-electron chi connectivity index (χ3n) is 6.39. The third-order valence-corrected chi connectivity index (χ3v) is 10.9. The first-order chi connectivity index (χ1) is 14.4. The van der Waals surface area contributed by atoms with Crippen LogP contribution in [0.25, 0.3) is 0 Å². The Balaban J connectivity index is 2.09. The topological polar surface area (TPSA) is 47.6 Å². The van der Waals surface area contributed by atoms with Crippen molar-refractivity contribution in [3.63, 3.8) is 0 Å². The lowest BCUT2D eigenvalue weighted by Gasteiger charge is -2.42. The maximum absolute atomic E-state index is 12.0. The van der Waals surface area contributed by atoms with Gasteiger partial charge in [-0.25, -0.2) is 4.79 Å². The number of benzene rings is 2. The molecule has 31 heavy (non-hydrogen) atoms. The summed E-state index contributed by atoms with van der Waals surface area (Å²) >= 11 is 0. The molecule has 0 spiro atoms. The van der Waals surface area contributed by atoms with E-state index in [4.69, 9.17) is 9.16 Å². The van der Waals surface area contributed by atoms with Gasteiger partial charge < -0.3 is 14.5 Å². The minimum absolute atomic E-state index is 0.0617. The summed E-state index contributed by atoms with van der Waals surface area (Å²) in [6, 6.07) is 20.5. The van der Waals surface area contributed by atoms with E-state index < -0.39 is 13.9 Å². The Morgan fingerprint density at radius 3 is 1.90 bits per heavy atom. The van der Waals surface area contributed by atoms with Gasteiger partial charge in [0.2, 0.25) is 0 Å². The molecule has 0 saturated carbocycles. The lowest BCUT2D eigenvalue weighted by Crippen LogP contribution is -2.45. The minimum atomic E-state index is -2.11. The zero-order chi connectivity index (χ0) is 22.9. The Labute approximate surface area is 187 Å². The normalized spacial score (nSPS) is 18.2. The highest BCUT2D eigenvalue weighted by Crippen LogP contribution is 2.44. The lowest BCUT2D eigenvalue weighted by molar-refractivity contribution is -0.143. The Bertz CT molecular complexity index is 930. The van der Waals surface area contributed by atoms with E-state index in [1.165, 1.54) is 0 Å². The third kappa shape index (κ3) is 5.28. The molecule has 166 valence electrons. The van der Waals surface area contributed by atoms with Crippen molar-refractivity contribution in [2.75, 3.05) is 0 Å². The zero-order valence-corrected chi connectivity index (χ0v) is 20.7. The van der Waals surface area contributed by atoms with Gasteiger partial charge >= 0.3 is 5.97 Å². The van der Waals surface area contributed by atoms with Gasteiger partial charge in [0.05, 0.1) is 17.8 Å². The second kappa shape index (κ2) is 8.64. The molecule has 0 radical (unpaired) electrons. The van der Waals surface area contributed by atoms with Gasteiger partial charge in [-0.2, -0.15) is 0 Å². The zero-order valence-electron chi connectivity index (χ0n) is 19.7. The van der Waals surface area contributed by atoms with E-state index in [2.05, 4.69) is 63.4 Å². The second-order valence-electron chi connectivity index (χ2n) is 10.2. The number of hydrogen-bond donors (Lipinski definition) is 1. The molecule has 0 fully saturated rings. The van der Waals surface area contributed by atoms with Crippen LogP contribution in [0.2, 0.25) is 18.1 Å². The van der Waals surface area contributed by atoms with Gasteiger partial charge in [-0.05, 0) is 43.1 Å². The SMILES string of the molecule is CC1(C)OC(=O)C=C1N[C@H](c1ccccc1)[C@@H](O[Si](C)(C)C(C)(C)C)c1ccccc1. The summed E-state index contributed by atoms with van der Waals surface area (Å²) in [5.74, 6) is -0.319. The summed E-state index contributed by atoms with van der Waals surface area (Å²) < 4.78 is 12.5. The molecule has 1 N–H and O–H groups in total. The van der Waals surface area contributed by atoms with Gasteiger partial charge in [0.15, 0.2) is 8.32 Å². The highest BCUT2D eigenvalue weighted by molar-refractivity contribution is 6.74. The van der Waals surface area contributed by atoms with Crippen LogP contribution >= 0.6 is 0 Å². The first kappa shape index (κ1) is 23.3. The van der Waals surface area contributed by atoms with Crippen LogP contribution in [0, 0.1) is 0 Å². The van der Waals surface area contributed by atoms with Gasteiger partial charge in [0.25, 0.3) is 0 Å². The number of carbonyl (C=O) groups is 1. The molecule has 4 nitrogen and oxygen atoms in total. The van der Waals surface area contributed by atoms with Crippen LogP contribution in [0.5, 0.6) is 0 Å². The number of nitrogens with one attached hydrogen (secondary N) is 1. The Morgan fingerprint density at radius 2 is 1.45 bits per heavy atom. The quantitative estimate of drug-likeness (QED) is 0.408. The van der Waals surface area contributed by atoms with Crippen LogP contribution in [0.15, 0.2) is 72.4 Å². The van der Waals surface area contributed by atoms with E-state index in [-0.39, 0.29) is 23.2 Å². The predicted octanol–water partition coefficient (Wildman–Crippen LogP) is 6.30. The molecule has 2 atom stereocenters. The van der Waals surface area contributed by atoms with Gasteiger partial charge in [-0.15, -0.1) is 0 Å². The molecular formula is C26H35NO3Si. The number of cyclic esters (lactones) is 1. The molecule has 5 heteroatoms. The average molecular weight is 438 g/mol. The van der Waals surface area contributed by atoms with Crippen LogP contribution in [0.3, 0.4) is 0 Å². The molecule has 0 unspecified atom stereocenters. The lowest BCUT2D eigenvalue weighted by atomic mass is 9.94. The van der Waals surface area contributed by atoms with Crippen molar-refractivity contribution in [2.45, 2.75) is 70.5 Å². The van der Waals surface area contributed by atoms with Crippen LogP contribution in [0.4, 0.5) is 0 Å². The molecule has 0 saturated heterocycles.